The molecular formula is C19H19N5O4. The van der Waals surface area contributed by atoms with Crippen molar-refractivity contribution in [3.63, 3.8) is 0 Å². The van der Waals surface area contributed by atoms with Gasteiger partial charge in [0.25, 0.3) is 0 Å². The van der Waals surface area contributed by atoms with Crippen LogP contribution in [0.1, 0.15) is 22.8 Å². The van der Waals surface area contributed by atoms with Gasteiger partial charge in [-0.1, -0.05) is 30.3 Å². The smallest absolute Gasteiger partial charge is 0.340 e. The number of tetrazole rings is 1. The van der Waals surface area contributed by atoms with Crippen LogP contribution in [-0.2, 0) is 22.7 Å². The van der Waals surface area contributed by atoms with Crippen LogP contribution < -0.4 is 10.1 Å². The first kappa shape index (κ1) is 19.0. The summed E-state index contributed by atoms with van der Waals surface area (Å²) < 4.78 is 12.2. The molecule has 1 N–H and O–H groups in total. The Labute approximate surface area is 161 Å². The van der Waals surface area contributed by atoms with E-state index in [1.165, 1.54) is 11.0 Å². The topological polar surface area (TPSA) is 108 Å². The third-order valence-corrected chi connectivity index (χ3v) is 3.75. The normalized spacial score (nSPS) is 10.3. The van der Waals surface area contributed by atoms with E-state index in [-0.39, 0.29) is 24.6 Å². The third kappa shape index (κ3) is 4.91. The highest BCUT2D eigenvalue weighted by molar-refractivity contribution is 6.01. The molecule has 0 bridgehead atoms. The summed E-state index contributed by atoms with van der Waals surface area (Å²) in [4.78, 5) is 24.7. The lowest BCUT2D eigenvalue weighted by atomic mass is 10.1. The monoisotopic (exact) mass is 381 g/mol. The maximum absolute atomic E-state index is 12.6. The molecule has 0 fully saturated rings. The summed E-state index contributed by atoms with van der Waals surface area (Å²) in [6.45, 7) is 2.39. The maximum Gasteiger partial charge on any atom is 0.340 e. The molecule has 0 spiro atoms. The van der Waals surface area contributed by atoms with Crippen molar-refractivity contribution < 1.29 is 19.1 Å². The number of para-hydroxylation sites is 2. The Kier molecular flexibility index (Phi) is 6.29. The van der Waals surface area contributed by atoms with Crippen LogP contribution in [0, 0.1) is 0 Å². The molecule has 3 aromatic rings. The molecule has 1 heterocycles. The van der Waals surface area contributed by atoms with E-state index in [9.17, 15) is 9.59 Å². The standard InChI is InChI=1S/C19H19N5O4/c1-2-27-17-10-6-3-7-14(17)12-28-19(26)15-8-4-5-9-16(15)21-18(25)11-24-13-20-22-23-24/h3-10,13H,2,11-12H2,1H3,(H,21,25). The van der Waals surface area contributed by atoms with E-state index in [0.717, 1.165) is 5.56 Å². The molecular weight excluding hydrogens is 362 g/mol. The number of carbonyl (C=O) groups excluding carboxylic acids is 2. The first-order valence-electron chi connectivity index (χ1n) is 8.65. The Hall–Kier alpha value is -3.75. The van der Waals surface area contributed by atoms with E-state index in [1.54, 1.807) is 24.3 Å². The molecule has 9 heteroatoms. The number of esters is 1. The van der Waals surface area contributed by atoms with Gasteiger partial charge in [0.05, 0.1) is 17.9 Å². The van der Waals surface area contributed by atoms with Gasteiger partial charge in [0.15, 0.2) is 0 Å². The van der Waals surface area contributed by atoms with Gasteiger partial charge in [-0.3, -0.25) is 4.79 Å². The molecule has 0 atom stereocenters. The van der Waals surface area contributed by atoms with Gasteiger partial charge in [-0.2, -0.15) is 0 Å². The van der Waals surface area contributed by atoms with E-state index in [4.69, 9.17) is 9.47 Å². The number of nitrogens with zero attached hydrogens (tertiary/aromatic N) is 4. The van der Waals surface area contributed by atoms with E-state index >= 15 is 0 Å². The molecule has 2 aromatic carbocycles. The van der Waals surface area contributed by atoms with E-state index < -0.39 is 5.97 Å². The summed E-state index contributed by atoms with van der Waals surface area (Å²) in [5.74, 6) is -0.250. The number of ether oxygens (including phenoxy) is 2. The van der Waals surface area contributed by atoms with E-state index in [0.29, 0.717) is 18.0 Å². The van der Waals surface area contributed by atoms with Crippen LogP contribution >= 0.6 is 0 Å². The van der Waals surface area contributed by atoms with Crippen molar-refractivity contribution in [3.8, 4) is 5.75 Å². The Morgan fingerprint density at radius 3 is 2.68 bits per heavy atom. The van der Waals surface area contributed by atoms with Crippen LogP contribution in [0.5, 0.6) is 5.75 Å². The highest BCUT2D eigenvalue weighted by atomic mass is 16.5. The van der Waals surface area contributed by atoms with Gasteiger partial charge in [-0.15, -0.1) is 5.10 Å². The minimum atomic E-state index is -0.551. The van der Waals surface area contributed by atoms with Crippen molar-refractivity contribution in [2.45, 2.75) is 20.1 Å². The molecule has 1 aromatic heterocycles. The lowest BCUT2D eigenvalue weighted by molar-refractivity contribution is -0.116. The summed E-state index contributed by atoms with van der Waals surface area (Å²) in [7, 11) is 0. The van der Waals surface area contributed by atoms with Gasteiger partial charge in [-0.05, 0) is 35.5 Å². The summed E-state index contributed by atoms with van der Waals surface area (Å²) in [5, 5.41) is 13.3. The van der Waals surface area contributed by atoms with Gasteiger partial charge in [0.1, 0.15) is 25.2 Å². The largest absolute Gasteiger partial charge is 0.493 e. The van der Waals surface area contributed by atoms with Crippen LogP contribution in [0.25, 0.3) is 0 Å². The van der Waals surface area contributed by atoms with Gasteiger partial charge in [0.2, 0.25) is 5.91 Å². The SMILES string of the molecule is CCOc1ccccc1COC(=O)c1ccccc1NC(=O)Cn1cnnn1. The second-order valence-corrected chi connectivity index (χ2v) is 5.72. The fourth-order valence-corrected chi connectivity index (χ4v) is 2.50. The lowest BCUT2D eigenvalue weighted by Crippen LogP contribution is -2.21. The summed E-state index contributed by atoms with van der Waals surface area (Å²) in [6.07, 6.45) is 1.33. The summed E-state index contributed by atoms with van der Waals surface area (Å²) in [6, 6.07) is 14.0. The third-order valence-electron chi connectivity index (χ3n) is 3.75. The Morgan fingerprint density at radius 1 is 1.11 bits per heavy atom. The Balaban J connectivity index is 1.66. The number of carbonyl (C=O) groups is 2. The van der Waals surface area contributed by atoms with Gasteiger partial charge in [0, 0.05) is 5.56 Å². The number of rotatable bonds is 8. The molecule has 0 aliphatic rings. The molecule has 0 unspecified atom stereocenters. The van der Waals surface area contributed by atoms with E-state index in [2.05, 4.69) is 20.8 Å². The van der Waals surface area contributed by atoms with Crippen molar-refractivity contribution in [1.82, 2.24) is 20.2 Å². The number of amides is 1. The molecule has 9 nitrogen and oxygen atoms in total. The van der Waals surface area contributed by atoms with E-state index in [1.807, 2.05) is 31.2 Å². The minimum absolute atomic E-state index is 0.0575. The highest BCUT2D eigenvalue weighted by Crippen LogP contribution is 2.21. The average Bonchev–Trinajstić information content (AvgIpc) is 3.20. The average molecular weight is 381 g/mol. The number of benzene rings is 2. The second kappa shape index (κ2) is 9.26. The predicted octanol–water partition coefficient (Wildman–Crippen LogP) is 2.07. The van der Waals surface area contributed by atoms with Crippen LogP contribution in [0.4, 0.5) is 5.69 Å². The van der Waals surface area contributed by atoms with Crippen molar-refractivity contribution in [3.05, 3.63) is 66.0 Å². The number of aromatic nitrogens is 4. The summed E-state index contributed by atoms with van der Waals surface area (Å²) in [5.41, 5.74) is 1.36. The highest BCUT2D eigenvalue weighted by Gasteiger charge is 2.16. The molecule has 0 radical (unpaired) electrons. The number of hydrogen-bond acceptors (Lipinski definition) is 7. The fraction of sp³-hybridized carbons (Fsp3) is 0.211. The molecule has 1 amide bonds. The lowest BCUT2D eigenvalue weighted by Gasteiger charge is -2.13. The molecule has 0 aliphatic carbocycles. The summed E-state index contributed by atoms with van der Waals surface area (Å²) >= 11 is 0. The van der Waals surface area contributed by atoms with Crippen molar-refractivity contribution >= 4 is 17.6 Å². The Morgan fingerprint density at radius 2 is 1.89 bits per heavy atom. The van der Waals surface area contributed by atoms with Crippen molar-refractivity contribution in [2.24, 2.45) is 0 Å². The van der Waals surface area contributed by atoms with Crippen molar-refractivity contribution in [1.29, 1.82) is 0 Å². The molecule has 28 heavy (non-hydrogen) atoms. The quantitative estimate of drug-likeness (QED) is 0.595. The zero-order chi connectivity index (χ0) is 19.8. The van der Waals surface area contributed by atoms with Crippen LogP contribution in [-0.4, -0.2) is 38.7 Å². The number of anilines is 1. The first-order chi connectivity index (χ1) is 13.7. The predicted molar refractivity (Wildman–Crippen MR) is 99.6 cm³/mol. The minimum Gasteiger partial charge on any atom is -0.493 e. The second-order valence-electron chi connectivity index (χ2n) is 5.72. The first-order valence-corrected chi connectivity index (χ1v) is 8.65. The molecule has 0 saturated heterocycles. The van der Waals surface area contributed by atoms with Gasteiger partial charge in [-0.25, -0.2) is 9.48 Å². The number of hydrogen-bond donors (Lipinski definition) is 1. The van der Waals surface area contributed by atoms with Crippen molar-refractivity contribution in [2.75, 3.05) is 11.9 Å². The van der Waals surface area contributed by atoms with Crippen LogP contribution in [0.2, 0.25) is 0 Å². The van der Waals surface area contributed by atoms with Gasteiger partial charge < -0.3 is 14.8 Å². The zero-order valence-corrected chi connectivity index (χ0v) is 15.2. The fourth-order valence-electron chi connectivity index (χ4n) is 2.50. The van der Waals surface area contributed by atoms with Crippen LogP contribution in [0.15, 0.2) is 54.9 Å². The molecule has 0 saturated carbocycles. The van der Waals surface area contributed by atoms with Gasteiger partial charge >= 0.3 is 5.97 Å². The maximum atomic E-state index is 12.6. The molecule has 3 rings (SSSR count). The number of nitrogens with one attached hydrogen (secondary N) is 1. The Bertz CT molecular complexity index is 943. The molecule has 144 valence electrons. The van der Waals surface area contributed by atoms with Crippen LogP contribution in [0.3, 0.4) is 0 Å². The molecule has 0 aliphatic heterocycles. The zero-order valence-electron chi connectivity index (χ0n) is 15.2.